The minimum absolute atomic E-state index is 0.587. The van der Waals surface area contributed by atoms with Crippen molar-refractivity contribution in [1.82, 2.24) is 0 Å². The van der Waals surface area contributed by atoms with E-state index in [9.17, 15) is 0 Å². The van der Waals surface area contributed by atoms with E-state index >= 15 is 0 Å². The molecule has 0 amide bonds. The van der Waals surface area contributed by atoms with Gasteiger partial charge in [0, 0.05) is 11.1 Å². The van der Waals surface area contributed by atoms with Gasteiger partial charge in [-0.15, -0.1) is 0 Å². The van der Waals surface area contributed by atoms with Crippen LogP contribution < -0.4 is 0 Å². The number of hydrogen-bond donors (Lipinski definition) is 0. The van der Waals surface area contributed by atoms with Gasteiger partial charge in [0.25, 0.3) is 0 Å². The Morgan fingerprint density at radius 3 is 1.90 bits per heavy atom. The van der Waals surface area contributed by atoms with Gasteiger partial charge in [-0.25, -0.2) is 0 Å². The standard InChI is InChI=1S/C20H13N/c1-17-10-6-7-12-18(17)11-4-2-3-5-13-19-14-8-9-15-20(19)16-21/h2-3,6-10,12,14-15H,1H3. The topological polar surface area (TPSA) is 23.8 Å². The van der Waals surface area contributed by atoms with E-state index in [4.69, 9.17) is 5.26 Å². The Labute approximate surface area is 125 Å². The average molecular weight is 267 g/mol. The maximum absolute atomic E-state index is 8.95. The summed E-state index contributed by atoms with van der Waals surface area (Å²) in [4.78, 5) is 0. The number of rotatable bonds is 0. The molecule has 0 aromatic heterocycles. The first kappa shape index (κ1) is 14.2. The highest BCUT2D eigenvalue weighted by Gasteiger charge is 1.94. The fourth-order valence-electron chi connectivity index (χ4n) is 1.72. The van der Waals surface area contributed by atoms with Crippen molar-refractivity contribution < 1.29 is 0 Å². The minimum atomic E-state index is 0.587. The van der Waals surface area contributed by atoms with Gasteiger partial charge in [-0.05, 0) is 42.8 Å². The molecule has 98 valence electrons. The first-order chi connectivity index (χ1) is 10.3. The van der Waals surface area contributed by atoms with E-state index in [1.54, 1.807) is 18.2 Å². The zero-order chi connectivity index (χ0) is 14.9. The van der Waals surface area contributed by atoms with Crippen molar-refractivity contribution in [2.24, 2.45) is 0 Å². The van der Waals surface area contributed by atoms with Crippen molar-refractivity contribution in [2.75, 3.05) is 0 Å². The molecular weight excluding hydrogens is 254 g/mol. The molecule has 0 saturated carbocycles. The predicted octanol–water partition coefficient (Wildman–Crippen LogP) is 3.83. The lowest BCUT2D eigenvalue weighted by atomic mass is 10.1. The van der Waals surface area contributed by atoms with Crippen LogP contribution in [-0.2, 0) is 0 Å². The summed E-state index contributed by atoms with van der Waals surface area (Å²) >= 11 is 0. The number of benzene rings is 2. The second kappa shape index (κ2) is 7.40. The molecular formula is C20H13N. The van der Waals surface area contributed by atoms with Gasteiger partial charge in [0.1, 0.15) is 6.07 Å². The molecule has 1 nitrogen and oxygen atoms in total. The summed E-state index contributed by atoms with van der Waals surface area (Å²) in [5, 5.41) is 8.95. The van der Waals surface area contributed by atoms with E-state index in [1.807, 2.05) is 49.4 Å². The molecule has 2 rings (SSSR count). The average Bonchev–Trinajstić information content (AvgIpc) is 2.52. The minimum Gasteiger partial charge on any atom is -0.192 e. The smallest absolute Gasteiger partial charge is 0.100 e. The summed E-state index contributed by atoms with van der Waals surface area (Å²) in [6, 6.07) is 17.4. The van der Waals surface area contributed by atoms with E-state index in [0.29, 0.717) is 5.56 Å². The largest absolute Gasteiger partial charge is 0.192 e. The van der Waals surface area contributed by atoms with Gasteiger partial charge >= 0.3 is 0 Å². The fraction of sp³-hybridized carbons (Fsp3) is 0.0500. The van der Waals surface area contributed by atoms with Crippen LogP contribution in [0, 0.1) is 41.9 Å². The Hall–Kier alpha value is -3.21. The van der Waals surface area contributed by atoms with Crippen LogP contribution >= 0.6 is 0 Å². The summed E-state index contributed by atoms with van der Waals surface area (Å²) in [6.07, 6.45) is 3.41. The number of hydrogen-bond acceptors (Lipinski definition) is 1. The molecule has 0 heterocycles. The zero-order valence-electron chi connectivity index (χ0n) is 11.7. The van der Waals surface area contributed by atoms with E-state index in [2.05, 4.69) is 29.8 Å². The van der Waals surface area contributed by atoms with Crippen LogP contribution in [0.3, 0.4) is 0 Å². The number of allylic oxidation sites excluding steroid dienone is 2. The Bertz CT molecular complexity index is 828. The third kappa shape index (κ3) is 4.14. The number of nitrogens with zero attached hydrogens (tertiary/aromatic N) is 1. The molecule has 0 N–H and O–H groups in total. The first-order valence-corrected chi connectivity index (χ1v) is 6.54. The van der Waals surface area contributed by atoms with Gasteiger partial charge in [0.2, 0.25) is 0 Å². The second-order valence-electron chi connectivity index (χ2n) is 4.34. The van der Waals surface area contributed by atoms with Crippen LogP contribution in [0.4, 0.5) is 0 Å². The molecule has 0 bridgehead atoms. The Morgan fingerprint density at radius 1 is 0.762 bits per heavy atom. The third-order valence-corrected chi connectivity index (χ3v) is 2.86. The molecule has 2 aromatic carbocycles. The molecule has 0 spiro atoms. The van der Waals surface area contributed by atoms with E-state index < -0.39 is 0 Å². The molecule has 0 radical (unpaired) electrons. The van der Waals surface area contributed by atoms with Gasteiger partial charge in [-0.3, -0.25) is 0 Å². The van der Waals surface area contributed by atoms with Crippen LogP contribution in [0.2, 0.25) is 0 Å². The molecule has 0 saturated heterocycles. The van der Waals surface area contributed by atoms with Crippen molar-refractivity contribution in [3.05, 3.63) is 82.9 Å². The first-order valence-electron chi connectivity index (χ1n) is 6.54. The van der Waals surface area contributed by atoms with Gasteiger partial charge in [0.05, 0.1) is 5.56 Å². The maximum atomic E-state index is 8.95. The van der Waals surface area contributed by atoms with Gasteiger partial charge in [-0.2, -0.15) is 5.26 Å². The highest BCUT2D eigenvalue weighted by atomic mass is 14.2. The van der Waals surface area contributed by atoms with E-state index in [1.165, 1.54) is 0 Å². The summed E-state index contributed by atoms with van der Waals surface area (Å²) < 4.78 is 0. The van der Waals surface area contributed by atoms with Gasteiger partial charge < -0.3 is 0 Å². The van der Waals surface area contributed by atoms with Crippen LogP contribution in [0.25, 0.3) is 0 Å². The van der Waals surface area contributed by atoms with Crippen molar-refractivity contribution >= 4 is 0 Å². The molecule has 0 atom stereocenters. The lowest BCUT2D eigenvalue weighted by molar-refractivity contribution is 1.44. The fourth-order valence-corrected chi connectivity index (χ4v) is 1.72. The maximum Gasteiger partial charge on any atom is 0.100 e. The Kier molecular flexibility index (Phi) is 5.00. The molecule has 1 heteroatoms. The molecule has 0 unspecified atom stereocenters. The molecule has 0 aliphatic heterocycles. The normalized spacial score (nSPS) is 9.14. The lowest BCUT2D eigenvalue weighted by Crippen LogP contribution is -1.80. The summed E-state index contributed by atoms with van der Waals surface area (Å²) in [6.45, 7) is 2.03. The predicted molar refractivity (Wildman–Crippen MR) is 85.2 cm³/mol. The van der Waals surface area contributed by atoms with Gasteiger partial charge in [-0.1, -0.05) is 54.0 Å². The van der Waals surface area contributed by atoms with Crippen LogP contribution in [0.1, 0.15) is 22.3 Å². The number of nitriles is 1. The van der Waals surface area contributed by atoms with Crippen molar-refractivity contribution in [3.8, 4) is 29.8 Å². The van der Waals surface area contributed by atoms with Gasteiger partial charge in [0.15, 0.2) is 0 Å². The summed E-state index contributed by atoms with van der Waals surface area (Å²) in [7, 11) is 0. The molecule has 0 fully saturated rings. The summed E-state index contributed by atoms with van der Waals surface area (Å²) in [5.41, 5.74) is 3.50. The van der Waals surface area contributed by atoms with E-state index in [-0.39, 0.29) is 0 Å². The SMILES string of the molecule is Cc1ccccc1C#CC=CC#Cc1ccccc1C#N. The molecule has 21 heavy (non-hydrogen) atoms. The molecule has 0 aliphatic carbocycles. The van der Waals surface area contributed by atoms with E-state index in [0.717, 1.165) is 16.7 Å². The third-order valence-electron chi connectivity index (χ3n) is 2.86. The quantitative estimate of drug-likeness (QED) is 0.666. The zero-order valence-corrected chi connectivity index (χ0v) is 11.7. The molecule has 2 aromatic rings. The van der Waals surface area contributed by atoms with Crippen molar-refractivity contribution in [2.45, 2.75) is 6.92 Å². The summed E-state index contributed by atoms with van der Waals surface area (Å²) in [5.74, 6) is 11.9. The Morgan fingerprint density at radius 2 is 1.29 bits per heavy atom. The monoisotopic (exact) mass is 267 g/mol. The highest BCUT2D eigenvalue weighted by molar-refractivity contribution is 5.49. The highest BCUT2D eigenvalue weighted by Crippen LogP contribution is 2.05. The van der Waals surface area contributed by atoms with Crippen molar-refractivity contribution in [3.63, 3.8) is 0 Å². The molecule has 0 aliphatic rings. The lowest BCUT2D eigenvalue weighted by Gasteiger charge is -1.93. The number of aryl methyl sites for hydroxylation is 1. The van der Waals surface area contributed by atoms with Crippen LogP contribution in [-0.4, -0.2) is 0 Å². The Balaban J connectivity index is 2.07. The van der Waals surface area contributed by atoms with Crippen LogP contribution in [0.5, 0.6) is 0 Å². The van der Waals surface area contributed by atoms with Crippen molar-refractivity contribution in [1.29, 1.82) is 5.26 Å². The van der Waals surface area contributed by atoms with Crippen LogP contribution in [0.15, 0.2) is 60.7 Å². The second-order valence-corrected chi connectivity index (χ2v) is 4.34.